The molecule has 0 aliphatic rings. The summed E-state index contributed by atoms with van der Waals surface area (Å²) < 4.78 is 15.0. The Kier molecular flexibility index (Phi) is 3.74. The van der Waals surface area contributed by atoms with E-state index in [2.05, 4.69) is 15.4 Å². The molecule has 2 aromatic rings. The highest BCUT2D eigenvalue weighted by Gasteiger charge is 2.15. The number of aromatic nitrogens is 3. The fraction of sp³-hybridized carbons (Fsp3) is 0.250. The first-order valence-electron chi connectivity index (χ1n) is 5.68. The Balaban J connectivity index is 1.94. The van der Waals surface area contributed by atoms with Gasteiger partial charge in [0.25, 0.3) is 5.91 Å². The Morgan fingerprint density at radius 1 is 1.53 bits per heavy atom. The number of rotatable bonds is 4. The maximum Gasteiger partial charge on any atom is 0.258 e. The van der Waals surface area contributed by atoms with Crippen LogP contribution in [0.2, 0.25) is 0 Å². The predicted molar refractivity (Wildman–Crippen MR) is 65.1 cm³/mol. The van der Waals surface area contributed by atoms with Gasteiger partial charge >= 0.3 is 0 Å². The molecule has 0 aliphatic carbocycles. The fourth-order valence-electron chi connectivity index (χ4n) is 1.61. The molecule has 0 bridgehead atoms. The molecule has 0 saturated heterocycles. The van der Waals surface area contributed by atoms with Crippen LogP contribution in [0.15, 0.2) is 24.5 Å². The number of hydrogen-bond donors (Lipinski definition) is 2. The lowest BCUT2D eigenvalue weighted by molar-refractivity contribution is 0.0947. The van der Waals surface area contributed by atoms with Crippen LogP contribution in [-0.2, 0) is 13.5 Å². The third-order valence-corrected chi connectivity index (χ3v) is 2.50. The molecule has 19 heavy (non-hydrogen) atoms. The van der Waals surface area contributed by atoms with Crippen molar-refractivity contribution in [3.8, 4) is 5.75 Å². The van der Waals surface area contributed by atoms with Crippen molar-refractivity contribution in [1.82, 2.24) is 20.1 Å². The van der Waals surface area contributed by atoms with Crippen molar-refractivity contribution in [2.75, 3.05) is 6.54 Å². The molecule has 1 aromatic carbocycles. The summed E-state index contributed by atoms with van der Waals surface area (Å²) in [5, 5.41) is 16.0. The van der Waals surface area contributed by atoms with Crippen molar-refractivity contribution < 1.29 is 14.3 Å². The van der Waals surface area contributed by atoms with Crippen LogP contribution in [0.1, 0.15) is 16.2 Å². The number of aryl methyl sites for hydroxylation is 1. The number of phenols is 1. The quantitative estimate of drug-likeness (QED) is 0.849. The molecular weight excluding hydrogens is 251 g/mol. The molecule has 2 N–H and O–H groups in total. The molecule has 0 radical (unpaired) electrons. The average Bonchev–Trinajstić information content (AvgIpc) is 2.75. The Bertz CT molecular complexity index is 577. The Labute approximate surface area is 108 Å². The van der Waals surface area contributed by atoms with E-state index in [1.165, 1.54) is 12.1 Å². The van der Waals surface area contributed by atoms with Crippen molar-refractivity contribution in [2.24, 2.45) is 7.05 Å². The molecule has 100 valence electrons. The summed E-state index contributed by atoms with van der Waals surface area (Å²) in [5.41, 5.74) is -0.350. The van der Waals surface area contributed by atoms with Gasteiger partial charge in [0.15, 0.2) is 5.82 Å². The van der Waals surface area contributed by atoms with E-state index >= 15 is 0 Å². The second kappa shape index (κ2) is 5.47. The van der Waals surface area contributed by atoms with Crippen LogP contribution in [0.3, 0.4) is 0 Å². The molecule has 1 amide bonds. The van der Waals surface area contributed by atoms with Gasteiger partial charge in [-0.15, -0.1) is 0 Å². The molecule has 1 aromatic heterocycles. The van der Waals surface area contributed by atoms with Crippen molar-refractivity contribution in [3.05, 3.63) is 41.7 Å². The minimum Gasteiger partial charge on any atom is -0.507 e. The van der Waals surface area contributed by atoms with Gasteiger partial charge in [0.05, 0.1) is 0 Å². The van der Waals surface area contributed by atoms with Crippen LogP contribution in [0.5, 0.6) is 5.75 Å². The predicted octanol–water partition coefficient (Wildman–Crippen LogP) is 0.632. The largest absolute Gasteiger partial charge is 0.507 e. The maximum atomic E-state index is 13.4. The van der Waals surface area contributed by atoms with Crippen LogP contribution < -0.4 is 5.32 Å². The minimum atomic E-state index is -0.756. The van der Waals surface area contributed by atoms with Gasteiger partial charge in [-0.1, -0.05) is 6.07 Å². The summed E-state index contributed by atoms with van der Waals surface area (Å²) in [6.07, 6.45) is 1.99. The number of phenolic OH excluding ortho intramolecular Hbond substituents is 1. The van der Waals surface area contributed by atoms with Gasteiger partial charge < -0.3 is 10.4 Å². The summed E-state index contributed by atoms with van der Waals surface area (Å²) in [6.45, 7) is 0.261. The van der Waals surface area contributed by atoms with Crippen LogP contribution in [-0.4, -0.2) is 32.3 Å². The summed E-state index contributed by atoms with van der Waals surface area (Å²) in [7, 11) is 1.74. The number of nitrogens with one attached hydrogen (secondary N) is 1. The smallest absolute Gasteiger partial charge is 0.258 e. The molecule has 0 spiro atoms. The lowest BCUT2D eigenvalue weighted by Gasteiger charge is -2.06. The van der Waals surface area contributed by atoms with E-state index < -0.39 is 11.7 Å². The number of carbonyl (C=O) groups is 1. The van der Waals surface area contributed by atoms with Crippen molar-refractivity contribution in [2.45, 2.75) is 6.42 Å². The van der Waals surface area contributed by atoms with Crippen molar-refractivity contribution in [1.29, 1.82) is 0 Å². The normalized spacial score (nSPS) is 10.4. The highest BCUT2D eigenvalue weighted by atomic mass is 19.1. The lowest BCUT2D eigenvalue weighted by atomic mass is 10.1. The summed E-state index contributed by atoms with van der Waals surface area (Å²) in [5.74, 6) is -1.21. The summed E-state index contributed by atoms with van der Waals surface area (Å²) >= 11 is 0. The number of nitrogens with zero attached hydrogens (tertiary/aromatic N) is 3. The molecule has 0 aliphatic heterocycles. The van der Waals surface area contributed by atoms with E-state index in [4.69, 9.17) is 0 Å². The maximum absolute atomic E-state index is 13.4. The molecule has 6 nitrogen and oxygen atoms in total. The highest BCUT2D eigenvalue weighted by molar-refractivity contribution is 5.97. The van der Waals surface area contributed by atoms with Crippen molar-refractivity contribution in [3.63, 3.8) is 0 Å². The third-order valence-electron chi connectivity index (χ3n) is 2.50. The van der Waals surface area contributed by atoms with Gasteiger partial charge in [0.1, 0.15) is 23.5 Å². The SMILES string of the molecule is Cn1cnc(CCNC(=O)c2c(O)cccc2F)n1. The Hall–Kier alpha value is -2.44. The first-order valence-corrected chi connectivity index (χ1v) is 5.68. The Morgan fingerprint density at radius 2 is 2.32 bits per heavy atom. The average molecular weight is 264 g/mol. The van der Waals surface area contributed by atoms with Gasteiger partial charge in [-0.3, -0.25) is 9.48 Å². The summed E-state index contributed by atoms with van der Waals surface area (Å²) in [6, 6.07) is 3.71. The van der Waals surface area contributed by atoms with Gasteiger partial charge in [0.2, 0.25) is 0 Å². The molecule has 0 fully saturated rings. The molecule has 2 rings (SSSR count). The van der Waals surface area contributed by atoms with Crippen LogP contribution in [0, 0.1) is 5.82 Å². The van der Waals surface area contributed by atoms with E-state index in [-0.39, 0.29) is 17.9 Å². The number of benzene rings is 1. The van der Waals surface area contributed by atoms with Gasteiger partial charge in [-0.25, -0.2) is 9.37 Å². The van der Waals surface area contributed by atoms with E-state index in [9.17, 15) is 14.3 Å². The second-order valence-corrected chi connectivity index (χ2v) is 3.97. The molecule has 7 heteroatoms. The first-order chi connectivity index (χ1) is 9.08. The molecular formula is C12H13FN4O2. The van der Waals surface area contributed by atoms with E-state index in [1.807, 2.05) is 0 Å². The number of amides is 1. The zero-order valence-corrected chi connectivity index (χ0v) is 10.3. The number of aromatic hydroxyl groups is 1. The number of halogens is 1. The van der Waals surface area contributed by atoms with Crippen LogP contribution in [0.25, 0.3) is 0 Å². The monoisotopic (exact) mass is 264 g/mol. The summed E-state index contributed by atoms with van der Waals surface area (Å²) in [4.78, 5) is 15.7. The van der Waals surface area contributed by atoms with E-state index in [0.29, 0.717) is 12.2 Å². The fourth-order valence-corrected chi connectivity index (χ4v) is 1.61. The highest BCUT2D eigenvalue weighted by Crippen LogP contribution is 2.19. The second-order valence-electron chi connectivity index (χ2n) is 3.97. The number of hydrogen-bond acceptors (Lipinski definition) is 4. The van der Waals surface area contributed by atoms with E-state index in [0.717, 1.165) is 6.07 Å². The molecule has 0 saturated carbocycles. The number of carbonyl (C=O) groups excluding carboxylic acids is 1. The molecule has 0 unspecified atom stereocenters. The lowest BCUT2D eigenvalue weighted by Crippen LogP contribution is -2.27. The topological polar surface area (TPSA) is 80.0 Å². The first kappa shape index (κ1) is 13.0. The van der Waals surface area contributed by atoms with E-state index in [1.54, 1.807) is 18.1 Å². The van der Waals surface area contributed by atoms with Crippen molar-refractivity contribution >= 4 is 5.91 Å². The van der Waals surface area contributed by atoms with Crippen LogP contribution in [0.4, 0.5) is 4.39 Å². The molecule has 1 heterocycles. The van der Waals surface area contributed by atoms with Gasteiger partial charge in [0, 0.05) is 20.0 Å². The molecule has 0 atom stereocenters. The Morgan fingerprint density at radius 3 is 2.95 bits per heavy atom. The zero-order valence-electron chi connectivity index (χ0n) is 10.3. The van der Waals surface area contributed by atoms with Crippen LogP contribution >= 0.6 is 0 Å². The zero-order chi connectivity index (χ0) is 13.8. The van der Waals surface area contributed by atoms with Gasteiger partial charge in [-0.2, -0.15) is 5.10 Å². The minimum absolute atomic E-state index is 0.261. The third kappa shape index (κ3) is 3.06. The standard InChI is InChI=1S/C12H13FN4O2/c1-17-7-15-10(16-17)5-6-14-12(19)11-8(13)3-2-4-9(11)18/h2-4,7,18H,5-6H2,1H3,(H,14,19). The van der Waals surface area contributed by atoms with Gasteiger partial charge in [-0.05, 0) is 12.1 Å².